The average Bonchev–Trinajstić information content (AvgIpc) is 2.48. The molecular formula is C16H22N2O4. The van der Waals surface area contributed by atoms with Gasteiger partial charge in [0.05, 0.1) is 11.2 Å². The predicted molar refractivity (Wildman–Crippen MR) is 81.8 cm³/mol. The first-order valence-corrected chi connectivity index (χ1v) is 7.44. The third-order valence-corrected chi connectivity index (χ3v) is 4.22. The molecule has 6 nitrogen and oxygen atoms in total. The molecule has 0 bridgehead atoms. The zero-order valence-corrected chi connectivity index (χ0v) is 12.7. The topological polar surface area (TPSA) is 87.7 Å². The minimum atomic E-state index is -0.958. The van der Waals surface area contributed by atoms with E-state index in [2.05, 4.69) is 10.6 Å². The Morgan fingerprint density at radius 1 is 1.23 bits per heavy atom. The maximum Gasteiger partial charge on any atom is 0.335 e. The molecule has 0 heterocycles. The summed E-state index contributed by atoms with van der Waals surface area (Å²) in [5.74, 6) is -0.958. The molecule has 1 fully saturated rings. The fraction of sp³-hybridized carbons (Fsp3) is 0.500. The molecular weight excluding hydrogens is 284 g/mol. The lowest BCUT2D eigenvalue weighted by atomic mass is 9.77. The maximum atomic E-state index is 11.7. The minimum absolute atomic E-state index is 0.0417. The van der Waals surface area contributed by atoms with Gasteiger partial charge >= 0.3 is 12.0 Å². The van der Waals surface area contributed by atoms with Crippen LogP contribution in [-0.4, -0.2) is 36.4 Å². The van der Waals surface area contributed by atoms with Gasteiger partial charge in [0.15, 0.2) is 0 Å². The summed E-state index contributed by atoms with van der Waals surface area (Å²) in [5.41, 5.74) is 1.05. The van der Waals surface area contributed by atoms with Gasteiger partial charge in [-0.3, -0.25) is 0 Å². The molecule has 0 saturated heterocycles. The monoisotopic (exact) mass is 306 g/mol. The van der Waals surface area contributed by atoms with Gasteiger partial charge in [-0.25, -0.2) is 9.59 Å². The van der Waals surface area contributed by atoms with E-state index in [1.165, 1.54) is 18.6 Å². The van der Waals surface area contributed by atoms with E-state index < -0.39 is 5.97 Å². The van der Waals surface area contributed by atoms with Gasteiger partial charge in [-0.2, -0.15) is 0 Å². The summed E-state index contributed by atoms with van der Waals surface area (Å²) < 4.78 is 5.50. The highest BCUT2D eigenvalue weighted by Gasteiger charge is 2.36. The Morgan fingerprint density at radius 2 is 1.91 bits per heavy atom. The van der Waals surface area contributed by atoms with Gasteiger partial charge < -0.3 is 20.5 Å². The van der Waals surface area contributed by atoms with Crippen molar-refractivity contribution in [1.82, 2.24) is 10.6 Å². The van der Waals surface area contributed by atoms with Crippen LogP contribution >= 0.6 is 0 Å². The largest absolute Gasteiger partial charge is 0.478 e. The number of amides is 2. The fourth-order valence-corrected chi connectivity index (χ4v) is 2.54. The molecule has 1 aliphatic carbocycles. The number of hydrogen-bond acceptors (Lipinski definition) is 3. The van der Waals surface area contributed by atoms with E-state index in [-0.39, 0.29) is 17.2 Å². The number of urea groups is 1. The average molecular weight is 306 g/mol. The number of ether oxygens (including phenoxy) is 1. The number of nitrogens with one attached hydrogen (secondary N) is 2. The van der Waals surface area contributed by atoms with Crippen molar-refractivity contribution < 1.29 is 19.4 Å². The third-order valence-electron chi connectivity index (χ3n) is 4.22. The van der Waals surface area contributed by atoms with Crippen LogP contribution in [0.3, 0.4) is 0 Å². The normalized spacial score (nSPS) is 15.7. The molecule has 0 atom stereocenters. The lowest BCUT2D eigenvalue weighted by molar-refractivity contribution is -0.0763. The Labute approximate surface area is 129 Å². The zero-order chi connectivity index (χ0) is 16.0. The minimum Gasteiger partial charge on any atom is -0.478 e. The van der Waals surface area contributed by atoms with Crippen molar-refractivity contribution >= 4 is 12.0 Å². The number of rotatable bonds is 7. The molecule has 22 heavy (non-hydrogen) atoms. The van der Waals surface area contributed by atoms with Crippen molar-refractivity contribution in [2.75, 3.05) is 13.7 Å². The molecule has 0 radical (unpaired) electrons. The summed E-state index contributed by atoms with van der Waals surface area (Å²) in [6, 6.07) is 6.20. The number of carbonyl (C=O) groups is 2. The van der Waals surface area contributed by atoms with Crippen LogP contribution in [0.5, 0.6) is 0 Å². The van der Waals surface area contributed by atoms with Gasteiger partial charge in [0.25, 0.3) is 0 Å². The van der Waals surface area contributed by atoms with Crippen LogP contribution in [0.2, 0.25) is 0 Å². The van der Waals surface area contributed by atoms with Crippen molar-refractivity contribution in [3.63, 3.8) is 0 Å². The van der Waals surface area contributed by atoms with Gasteiger partial charge in [-0.05, 0) is 43.4 Å². The number of hydrogen-bond donors (Lipinski definition) is 3. The van der Waals surface area contributed by atoms with Crippen LogP contribution in [0.25, 0.3) is 0 Å². The van der Waals surface area contributed by atoms with Gasteiger partial charge in [-0.15, -0.1) is 0 Å². The molecule has 6 heteroatoms. The summed E-state index contributed by atoms with van der Waals surface area (Å²) in [4.78, 5) is 22.5. The van der Waals surface area contributed by atoms with Crippen molar-refractivity contribution in [3.8, 4) is 0 Å². The van der Waals surface area contributed by atoms with E-state index in [4.69, 9.17) is 9.84 Å². The van der Waals surface area contributed by atoms with Gasteiger partial charge in [0.2, 0.25) is 0 Å². The Balaban J connectivity index is 1.68. The van der Waals surface area contributed by atoms with E-state index in [1.54, 1.807) is 19.2 Å². The van der Waals surface area contributed by atoms with Crippen LogP contribution in [0.4, 0.5) is 4.79 Å². The van der Waals surface area contributed by atoms with Crippen LogP contribution in [-0.2, 0) is 11.3 Å². The number of methoxy groups -OCH3 is 1. The summed E-state index contributed by atoms with van der Waals surface area (Å²) in [6.07, 6.45) is 4.13. The second-order valence-corrected chi connectivity index (χ2v) is 5.60. The lowest BCUT2D eigenvalue weighted by Gasteiger charge is -2.40. The number of aromatic carboxylic acids is 1. The number of carboxylic acids is 1. The Morgan fingerprint density at radius 3 is 2.41 bits per heavy atom. The number of carbonyl (C=O) groups excluding carboxylic acids is 1. The fourth-order valence-electron chi connectivity index (χ4n) is 2.54. The summed E-state index contributed by atoms with van der Waals surface area (Å²) in [7, 11) is 1.72. The molecule has 0 unspecified atom stereocenters. The SMILES string of the molecule is COC1(CCNC(=O)NCc2ccc(C(=O)O)cc2)CCC1. The van der Waals surface area contributed by atoms with Crippen molar-refractivity contribution in [3.05, 3.63) is 35.4 Å². The van der Waals surface area contributed by atoms with E-state index >= 15 is 0 Å². The molecule has 2 rings (SSSR count). The predicted octanol–water partition coefficient (Wildman–Crippen LogP) is 2.14. The van der Waals surface area contributed by atoms with Gasteiger partial charge in [0, 0.05) is 20.2 Å². The highest BCUT2D eigenvalue weighted by Crippen LogP contribution is 2.37. The summed E-state index contributed by atoms with van der Waals surface area (Å²) >= 11 is 0. The Kier molecular flexibility index (Phi) is 5.38. The maximum absolute atomic E-state index is 11.7. The molecule has 0 aliphatic heterocycles. The van der Waals surface area contributed by atoms with Gasteiger partial charge in [-0.1, -0.05) is 12.1 Å². The third kappa shape index (κ3) is 4.21. The number of benzene rings is 1. The quantitative estimate of drug-likeness (QED) is 0.720. The standard InChI is InChI=1S/C16H22N2O4/c1-22-16(7-2-8-16)9-10-17-15(21)18-11-12-3-5-13(6-4-12)14(19)20/h3-6H,2,7-11H2,1H3,(H,19,20)(H2,17,18,21). The molecule has 0 aromatic heterocycles. The van der Waals surface area contributed by atoms with E-state index in [9.17, 15) is 9.59 Å². The summed E-state index contributed by atoms with van der Waals surface area (Å²) in [5, 5.41) is 14.4. The van der Waals surface area contributed by atoms with Crippen molar-refractivity contribution in [2.45, 2.75) is 37.8 Å². The molecule has 1 aromatic rings. The van der Waals surface area contributed by atoms with E-state index in [0.717, 1.165) is 24.8 Å². The Hall–Kier alpha value is -2.08. The first-order valence-electron chi connectivity index (χ1n) is 7.44. The zero-order valence-electron chi connectivity index (χ0n) is 12.7. The van der Waals surface area contributed by atoms with E-state index in [1.807, 2.05) is 0 Å². The second kappa shape index (κ2) is 7.26. The second-order valence-electron chi connectivity index (χ2n) is 5.60. The number of carboxylic acid groups (broad SMARTS) is 1. The molecule has 1 aromatic carbocycles. The molecule has 1 aliphatic rings. The molecule has 3 N–H and O–H groups in total. The van der Waals surface area contributed by atoms with Crippen LogP contribution in [0.1, 0.15) is 41.6 Å². The lowest BCUT2D eigenvalue weighted by Crippen LogP contribution is -2.44. The Bertz CT molecular complexity index is 518. The highest BCUT2D eigenvalue weighted by atomic mass is 16.5. The highest BCUT2D eigenvalue weighted by molar-refractivity contribution is 5.87. The first kappa shape index (κ1) is 16.3. The van der Waals surface area contributed by atoms with Gasteiger partial charge in [0.1, 0.15) is 0 Å². The molecule has 1 saturated carbocycles. The summed E-state index contributed by atoms with van der Waals surface area (Å²) in [6.45, 7) is 0.943. The van der Waals surface area contributed by atoms with Crippen LogP contribution in [0, 0.1) is 0 Å². The first-order chi connectivity index (χ1) is 10.5. The molecule has 2 amide bonds. The van der Waals surface area contributed by atoms with Crippen molar-refractivity contribution in [2.24, 2.45) is 0 Å². The van der Waals surface area contributed by atoms with Crippen LogP contribution < -0.4 is 10.6 Å². The van der Waals surface area contributed by atoms with E-state index in [0.29, 0.717) is 13.1 Å². The van der Waals surface area contributed by atoms with Crippen molar-refractivity contribution in [1.29, 1.82) is 0 Å². The molecule has 120 valence electrons. The smallest absolute Gasteiger partial charge is 0.335 e. The molecule has 0 spiro atoms. The van der Waals surface area contributed by atoms with Crippen LogP contribution in [0.15, 0.2) is 24.3 Å².